The van der Waals surface area contributed by atoms with Crippen molar-refractivity contribution in [1.82, 2.24) is 14.8 Å². The molecule has 3 aliphatic rings. The Balaban J connectivity index is 1.18. The molecular formula is C26H31ClN4O3. The van der Waals surface area contributed by atoms with Crippen molar-refractivity contribution in [3.63, 3.8) is 0 Å². The van der Waals surface area contributed by atoms with Crippen LogP contribution in [0.2, 0.25) is 5.02 Å². The van der Waals surface area contributed by atoms with Gasteiger partial charge >= 0.3 is 5.97 Å². The predicted octanol–water partition coefficient (Wildman–Crippen LogP) is 3.95. The molecule has 0 aliphatic carbocycles. The molecule has 0 bridgehead atoms. The van der Waals surface area contributed by atoms with Gasteiger partial charge in [0.15, 0.2) is 0 Å². The standard InChI is InChI=1S/C26H31ClN4O3/c27-21-6-3-18(4-7-21)23(26(33)34)31-15-11-20(16-31)25(32)30-13-9-17(10-14-30)22-8-5-19-2-1-12-28-24(19)29-22/h3-8,17,20,23H,1-2,9-16H2,(H,28,29)(H,33,34). The molecule has 1 aromatic carbocycles. The highest BCUT2D eigenvalue weighted by Gasteiger charge is 2.38. The van der Waals surface area contributed by atoms with Gasteiger partial charge in [-0.2, -0.15) is 0 Å². The monoisotopic (exact) mass is 482 g/mol. The van der Waals surface area contributed by atoms with Gasteiger partial charge in [-0.1, -0.05) is 29.8 Å². The van der Waals surface area contributed by atoms with E-state index in [1.165, 1.54) is 5.56 Å². The number of aliphatic carboxylic acids is 1. The van der Waals surface area contributed by atoms with Crippen LogP contribution in [-0.2, 0) is 16.0 Å². The molecular weight excluding hydrogens is 452 g/mol. The molecule has 0 saturated carbocycles. The van der Waals surface area contributed by atoms with Crippen molar-refractivity contribution >= 4 is 29.3 Å². The van der Waals surface area contributed by atoms with Crippen LogP contribution in [0.1, 0.15) is 54.5 Å². The average molecular weight is 483 g/mol. The summed E-state index contributed by atoms with van der Waals surface area (Å²) in [5, 5.41) is 13.9. The van der Waals surface area contributed by atoms with Gasteiger partial charge in [-0.3, -0.25) is 14.5 Å². The number of carboxylic acid groups (broad SMARTS) is 1. The normalized spacial score (nSPS) is 22.1. The lowest BCUT2D eigenvalue weighted by Gasteiger charge is -2.34. The number of amides is 1. The van der Waals surface area contributed by atoms with Gasteiger partial charge < -0.3 is 15.3 Å². The Morgan fingerprint density at radius 2 is 1.82 bits per heavy atom. The van der Waals surface area contributed by atoms with Gasteiger partial charge in [0.2, 0.25) is 5.91 Å². The van der Waals surface area contributed by atoms with Crippen LogP contribution in [-0.4, -0.2) is 64.5 Å². The fourth-order valence-electron chi connectivity index (χ4n) is 5.60. The SMILES string of the molecule is O=C(O)C(c1ccc(Cl)cc1)N1CCC(C(=O)N2CCC(c3ccc4c(n3)NCCC4)CC2)C1. The molecule has 2 N–H and O–H groups in total. The Morgan fingerprint density at radius 1 is 1.06 bits per heavy atom. The van der Waals surface area contributed by atoms with Crippen LogP contribution >= 0.6 is 11.6 Å². The zero-order valence-electron chi connectivity index (χ0n) is 19.3. The maximum Gasteiger partial charge on any atom is 0.325 e. The van der Waals surface area contributed by atoms with E-state index in [2.05, 4.69) is 17.4 Å². The number of hydrogen-bond acceptors (Lipinski definition) is 5. The number of halogens is 1. The number of piperidine rings is 1. The van der Waals surface area contributed by atoms with E-state index >= 15 is 0 Å². The van der Waals surface area contributed by atoms with Crippen molar-refractivity contribution in [3.8, 4) is 0 Å². The third kappa shape index (κ3) is 4.77. The Bertz CT molecular complexity index is 1050. The molecule has 180 valence electrons. The van der Waals surface area contributed by atoms with Crippen LogP contribution in [0.25, 0.3) is 0 Å². The molecule has 2 fully saturated rings. The summed E-state index contributed by atoms with van der Waals surface area (Å²) in [5.74, 6) is 0.503. The molecule has 1 aromatic heterocycles. The summed E-state index contributed by atoms with van der Waals surface area (Å²) >= 11 is 5.97. The molecule has 8 heteroatoms. The summed E-state index contributed by atoms with van der Waals surface area (Å²) in [5.41, 5.74) is 3.11. The number of anilines is 1. The van der Waals surface area contributed by atoms with Crippen LogP contribution in [0.5, 0.6) is 0 Å². The van der Waals surface area contributed by atoms with Crippen LogP contribution in [0.15, 0.2) is 36.4 Å². The number of hydrogen-bond donors (Lipinski definition) is 2. The molecule has 3 aliphatic heterocycles. The van der Waals surface area contributed by atoms with Crippen LogP contribution in [0.3, 0.4) is 0 Å². The quantitative estimate of drug-likeness (QED) is 0.671. The molecule has 2 atom stereocenters. The highest BCUT2D eigenvalue weighted by atomic mass is 35.5. The number of benzene rings is 1. The summed E-state index contributed by atoms with van der Waals surface area (Å²) in [6, 6.07) is 10.5. The number of carbonyl (C=O) groups is 2. The van der Waals surface area contributed by atoms with Gasteiger partial charge in [0, 0.05) is 49.4 Å². The molecule has 0 spiro atoms. The number of aromatic nitrogens is 1. The van der Waals surface area contributed by atoms with E-state index in [-0.39, 0.29) is 11.8 Å². The number of likely N-dealkylation sites (tertiary alicyclic amines) is 2. The Hall–Kier alpha value is -2.64. The van der Waals surface area contributed by atoms with E-state index in [1.54, 1.807) is 24.3 Å². The second-order valence-corrected chi connectivity index (χ2v) is 10.1. The van der Waals surface area contributed by atoms with Crippen molar-refractivity contribution in [3.05, 3.63) is 58.2 Å². The molecule has 0 radical (unpaired) electrons. The predicted molar refractivity (Wildman–Crippen MR) is 131 cm³/mol. The maximum atomic E-state index is 13.3. The molecule has 5 rings (SSSR count). The summed E-state index contributed by atoms with van der Waals surface area (Å²) < 4.78 is 0. The highest BCUT2D eigenvalue weighted by Crippen LogP contribution is 2.33. The van der Waals surface area contributed by atoms with Crippen LogP contribution < -0.4 is 5.32 Å². The van der Waals surface area contributed by atoms with E-state index in [0.29, 0.717) is 36.0 Å². The zero-order chi connectivity index (χ0) is 23.7. The molecule has 7 nitrogen and oxygen atoms in total. The minimum absolute atomic E-state index is 0.154. The second-order valence-electron chi connectivity index (χ2n) is 9.65. The number of fused-ring (bicyclic) bond motifs is 1. The first-order chi connectivity index (χ1) is 16.5. The van der Waals surface area contributed by atoms with Crippen molar-refractivity contribution in [2.45, 2.75) is 44.1 Å². The van der Waals surface area contributed by atoms with Gasteiger partial charge in [0.05, 0.1) is 5.92 Å². The number of carbonyl (C=O) groups excluding carboxylic acids is 1. The lowest BCUT2D eigenvalue weighted by atomic mass is 9.91. The largest absolute Gasteiger partial charge is 0.480 e. The summed E-state index contributed by atoms with van der Waals surface area (Å²) in [4.78, 5) is 34.1. The van der Waals surface area contributed by atoms with Crippen molar-refractivity contribution in [2.24, 2.45) is 5.92 Å². The molecule has 2 unspecified atom stereocenters. The number of pyridine rings is 1. The fraction of sp³-hybridized carbons (Fsp3) is 0.500. The van der Waals surface area contributed by atoms with Crippen LogP contribution in [0, 0.1) is 5.92 Å². The summed E-state index contributed by atoms with van der Waals surface area (Å²) in [6.07, 6.45) is 4.75. The smallest absolute Gasteiger partial charge is 0.325 e. The first-order valence-corrected chi connectivity index (χ1v) is 12.6. The first kappa shape index (κ1) is 23.1. The lowest BCUT2D eigenvalue weighted by molar-refractivity contribution is -0.144. The van der Waals surface area contributed by atoms with Gasteiger partial charge in [-0.25, -0.2) is 4.98 Å². The third-order valence-corrected chi connectivity index (χ3v) is 7.75. The minimum atomic E-state index is -0.900. The number of nitrogens with zero attached hydrogens (tertiary/aromatic N) is 3. The Kier molecular flexibility index (Phi) is 6.75. The molecule has 1 amide bonds. The molecule has 4 heterocycles. The molecule has 34 heavy (non-hydrogen) atoms. The van der Waals surface area contributed by atoms with Crippen LogP contribution in [0.4, 0.5) is 5.82 Å². The van der Waals surface area contributed by atoms with Gasteiger partial charge in [0.25, 0.3) is 0 Å². The number of aryl methyl sites for hydroxylation is 1. The third-order valence-electron chi connectivity index (χ3n) is 7.49. The van der Waals surface area contributed by atoms with Gasteiger partial charge in [-0.15, -0.1) is 0 Å². The fourth-order valence-corrected chi connectivity index (χ4v) is 5.73. The topological polar surface area (TPSA) is 85.8 Å². The summed E-state index contributed by atoms with van der Waals surface area (Å²) in [6.45, 7) is 3.50. The highest BCUT2D eigenvalue weighted by molar-refractivity contribution is 6.30. The van der Waals surface area contributed by atoms with Gasteiger partial charge in [-0.05, 0) is 61.4 Å². The Morgan fingerprint density at radius 3 is 2.56 bits per heavy atom. The number of nitrogens with one attached hydrogen (secondary N) is 1. The van der Waals surface area contributed by atoms with E-state index in [4.69, 9.17) is 16.6 Å². The van der Waals surface area contributed by atoms with E-state index in [0.717, 1.165) is 56.8 Å². The first-order valence-electron chi connectivity index (χ1n) is 12.2. The average Bonchev–Trinajstić information content (AvgIpc) is 3.34. The maximum absolute atomic E-state index is 13.3. The molecule has 2 aromatic rings. The van der Waals surface area contributed by atoms with Gasteiger partial charge in [0.1, 0.15) is 11.9 Å². The van der Waals surface area contributed by atoms with Crippen molar-refractivity contribution in [2.75, 3.05) is 38.0 Å². The lowest BCUT2D eigenvalue weighted by Crippen LogP contribution is -2.42. The number of carboxylic acids is 1. The van der Waals surface area contributed by atoms with E-state index in [9.17, 15) is 14.7 Å². The zero-order valence-corrected chi connectivity index (χ0v) is 20.0. The Labute approximate surface area is 205 Å². The minimum Gasteiger partial charge on any atom is -0.480 e. The summed E-state index contributed by atoms with van der Waals surface area (Å²) in [7, 11) is 0. The van der Waals surface area contributed by atoms with E-state index in [1.807, 2.05) is 9.80 Å². The van der Waals surface area contributed by atoms with E-state index < -0.39 is 12.0 Å². The second kappa shape index (κ2) is 9.92. The number of rotatable bonds is 5. The van der Waals surface area contributed by atoms with Crippen molar-refractivity contribution < 1.29 is 14.7 Å². The van der Waals surface area contributed by atoms with Crippen molar-refractivity contribution in [1.29, 1.82) is 0 Å². The molecule has 2 saturated heterocycles.